The zero-order valence-corrected chi connectivity index (χ0v) is 11.6. The largest absolute Gasteiger partial charge is 0.469 e. The fraction of sp³-hybridized carbons (Fsp3) is 0.533. The first-order chi connectivity index (χ1) is 8.53. The van der Waals surface area contributed by atoms with Crippen molar-refractivity contribution in [3.05, 3.63) is 29.7 Å². The van der Waals surface area contributed by atoms with Crippen molar-refractivity contribution in [2.24, 2.45) is 4.99 Å². The number of hydrogen-bond donors (Lipinski definition) is 0. The van der Waals surface area contributed by atoms with Crippen LogP contribution in [0.25, 0.3) is 5.57 Å². The maximum absolute atomic E-state index is 5.89. The molecule has 2 rings (SSSR count). The fourth-order valence-corrected chi connectivity index (χ4v) is 2.08. The average molecular weight is 247 g/mol. The summed E-state index contributed by atoms with van der Waals surface area (Å²) in [5.74, 6) is 1.65. The fourth-order valence-electron chi connectivity index (χ4n) is 2.08. The predicted octanol–water partition coefficient (Wildman–Crippen LogP) is 3.98. The summed E-state index contributed by atoms with van der Waals surface area (Å²) in [6.07, 6.45) is 6.06. The van der Waals surface area contributed by atoms with Crippen molar-refractivity contribution in [1.82, 2.24) is 0 Å². The smallest absolute Gasteiger partial charge is 0.209 e. The number of rotatable bonds is 4. The Hall–Kier alpha value is -1.51. The van der Waals surface area contributed by atoms with E-state index in [1.807, 2.05) is 19.1 Å². The molecule has 0 N–H and O–H groups in total. The van der Waals surface area contributed by atoms with Crippen LogP contribution in [0, 0.1) is 6.92 Å². The molecule has 0 unspecified atom stereocenters. The molecule has 0 aliphatic carbocycles. The molecule has 0 fully saturated rings. The van der Waals surface area contributed by atoms with Crippen LogP contribution in [0.1, 0.15) is 44.9 Å². The van der Waals surface area contributed by atoms with Gasteiger partial charge in [0.2, 0.25) is 5.90 Å². The van der Waals surface area contributed by atoms with Crippen molar-refractivity contribution in [2.45, 2.75) is 46.1 Å². The quantitative estimate of drug-likeness (QED) is 0.754. The summed E-state index contributed by atoms with van der Waals surface area (Å²) < 4.78 is 11.3. The van der Waals surface area contributed by atoms with Crippen molar-refractivity contribution in [3.8, 4) is 0 Å². The molecule has 0 spiro atoms. The molecular weight excluding hydrogens is 226 g/mol. The Morgan fingerprint density at radius 2 is 2.11 bits per heavy atom. The van der Waals surface area contributed by atoms with Gasteiger partial charge in [0, 0.05) is 23.8 Å². The molecule has 1 aromatic heterocycles. The van der Waals surface area contributed by atoms with Crippen LogP contribution in [0.2, 0.25) is 0 Å². The van der Waals surface area contributed by atoms with Gasteiger partial charge in [-0.1, -0.05) is 13.3 Å². The minimum Gasteiger partial charge on any atom is -0.469 e. The molecule has 18 heavy (non-hydrogen) atoms. The monoisotopic (exact) mass is 247 g/mol. The Morgan fingerprint density at radius 3 is 2.72 bits per heavy atom. The molecule has 2 heterocycles. The lowest BCUT2D eigenvalue weighted by atomic mass is 9.94. The molecular formula is C15H21NO2. The van der Waals surface area contributed by atoms with Gasteiger partial charge in [0.05, 0.1) is 6.26 Å². The van der Waals surface area contributed by atoms with Crippen LogP contribution in [0.3, 0.4) is 0 Å². The van der Waals surface area contributed by atoms with Crippen molar-refractivity contribution in [3.63, 3.8) is 0 Å². The molecule has 1 aromatic rings. The maximum atomic E-state index is 5.89. The lowest BCUT2D eigenvalue weighted by Gasteiger charge is -2.21. The van der Waals surface area contributed by atoms with E-state index < -0.39 is 0 Å². The van der Waals surface area contributed by atoms with E-state index in [9.17, 15) is 0 Å². The van der Waals surface area contributed by atoms with Gasteiger partial charge in [0.25, 0.3) is 0 Å². The number of nitrogens with zero attached hydrogens (tertiary/aromatic N) is 1. The summed E-state index contributed by atoms with van der Waals surface area (Å²) in [7, 11) is 0. The highest BCUT2D eigenvalue weighted by Gasteiger charge is 2.34. The molecule has 0 saturated heterocycles. The number of ether oxygens (including phenoxy) is 1. The normalized spacial score (nSPS) is 20.0. The Kier molecular flexibility index (Phi) is 3.60. The van der Waals surface area contributed by atoms with Gasteiger partial charge in [-0.2, -0.15) is 0 Å². The first kappa shape index (κ1) is 12.9. The summed E-state index contributed by atoms with van der Waals surface area (Å²) in [5.41, 5.74) is 1.88. The second kappa shape index (κ2) is 5.01. The van der Waals surface area contributed by atoms with Gasteiger partial charge in [-0.25, -0.2) is 0 Å². The highest BCUT2D eigenvalue weighted by molar-refractivity contribution is 6.01. The molecule has 0 amide bonds. The Morgan fingerprint density at radius 1 is 1.33 bits per heavy atom. The zero-order chi connectivity index (χ0) is 13.2. The van der Waals surface area contributed by atoms with E-state index in [1.54, 1.807) is 6.26 Å². The van der Waals surface area contributed by atoms with Crippen LogP contribution in [0.4, 0.5) is 0 Å². The van der Waals surface area contributed by atoms with Gasteiger partial charge in [-0.15, -0.1) is 0 Å². The first-order valence-corrected chi connectivity index (χ1v) is 6.54. The first-order valence-electron chi connectivity index (χ1n) is 6.54. The van der Waals surface area contributed by atoms with E-state index >= 15 is 0 Å². The van der Waals surface area contributed by atoms with E-state index in [2.05, 4.69) is 25.8 Å². The topological polar surface area (TPSA) is 34.7 Å². The van der Waals surface area contributed by atoms with Gasteiger partial charge in [-0.05, 0) is 33.3 Å². The van der Waals surface area contributed by atoms with Crippen LogP contribution in [-0.4, -0.2) is 18.0 Å². The van der Waals surface area contributed by atoms with E-state index in [-0.39, 0.29) is 5.60 Å². The molecule has 98 valence electrons. The highest BCUT2D eigenvalue weighted by Crippen LogP contribution is 2.36. The molecule has 0 saturated carbocycles. The minimum absolute atomic E-state index is 0.332. The van der Waals surface area contributed by atoms with E-state index in [4.69, 9.17) is 9.15 Å². The third kappa shape index (κ3) is 2.66. The standard InChI is InChI=1S/C15H21NO2/c1-5-6-7-16-14-9-13(15(3,4)18-14)12-8-11(2)17-10-12/h8-10H,5-7H2,1-4H3. The Bertz CT molecular complexity index is 480. The van der Waals surface area contributed by atoms with Crippen LogP contribution >= 0.6 is 0 Å². The zero-order valence-electron chi connectivity index (χ0n) is 11.6. The molecule has 1 aliphatic heterocycles. The second-order valence-corrected chi connectivity index (χ2v) is 5.19. The summed E-state index contributed by atoms with van der Waals surface area (Å²) >= 11 is 0. The number of hydrogen-bond acceptors (Lipinski definition) is 3. The van der Waals surface area contributed by atoms with Crippen LogP contribution in [-0.2, 0) is 4.74 Å². The van der Waals surface area contributed by atoms with Crippen molar-refractivity contribution >= 4 is 11.5 Å². The summed E-state index contributed by atoms with van der Waals surface area (Å²) in [5, 5.41) is 0. The average Bonchev–Trinajstić information content (AvgIpc) is 2.82. The van der Waals surface area contributed by atoms with Crippen LogP contribution in [0.15, 0.2) is 27.8 Å². The van der Waals surface area contributed by atoms with Gasteiger partial charge >= 0.3 is 0 Å². The number of furan rings is 1. The highest BCUT2D eigenvalue weighted by atomic mass is 16.5. The second-order valence-electron chi connectivity index (χ2n) is 5.19. The molecule has 0 atom stereocenters. The molecule has 3 heteroatoms. The lowest BCUT2D eigenvalue weighted by Crippen LogP contribution is -2.22. The summed E-state index contributed by atoms with van der Waals surface area (Å²) in [6, 6.07) is 2.03. The molecule has 0 bridgehead atoms. The van der Waals surface area contributed by atoms with Crippen molar-refractivity contribution < 1.29 is 9.15 Å². The molecule has 3 nitrogen and oxygen atoms in total. The lowest BCUT2D eigenvalue weighted by molar-refractivity contribution is 0.170. The summed E-state index contributed by atoms with van der Waals surface area (Å²) in [4.78, 5) is 4.48. The van der Waals surface area contributed by atoms with Crippen molar-refractivity contribution in [2.75, 3.05) is 6.54 Å². The predicted molar refractivity (Wildman–Crippen MR) is 73.8 cm³/mol. The Labute approximate surface area is 109 Å². The molecule has 1 aliphatic rings. The molecule has 0 aromatic carbocycles. The van der Waals surface area contributed by atoms with Crippen LogP contribution in [0.5, 0.6) is 0 Å². The van der Waals surface area contributed by atoms with Gasteiger partial charge in [0.1, 0.15) is 11.4 Å². The minimum atomic E-state index is -0.332. The van der Waals surface area contributed by atoms with Gasteiger partial charge in [0.15, 0.2) is 0 Å². The Balaban J connectivity index is 2.22. The van der Waals surface area contributed by atoms with E-state index in [0.29, 0.717) is 0 Å². The van der Waals surface area contributed by atoms with E-state index in [1.165, 1.54) is 0 Å². The number of aliphatic imine (C=N–C) groups is 1. The summed E-state index contributed by atoms with van der Waals surface area (Å²) in [6.45, 7) is 9.06. The third-order valence-corrected chi connectivity index (χ3v) is 3.10. The van der Waals surface area contributed by atoms with Crippen molar-refractivity contribution in [1.29, 1.82) is 0 Å². The SMILES string of the molecule is CCCCN=C1C=C(c2coc(C)c2)C(C)(C)O1. The van der Waals surface area contributed by atoms with Crippen LogP contribution < -0.4 is 0 Å². The van der Waals surface area contributed by atoms with E-state index in [0.717, 1.165) is 42.2 Å². The van der Waals surface area contributed by atoms with Gasteiger partial charge in [-0.3, -0.25) is 4.99 Å². The number of aryl methyl sites for hydroxylation is 1. The third-order valence-electron chi connectivity index (χ3n) is 3.10. The van der Waals surface area contributed by atoms with Gasteiger partial charge < -0.3 is 9.15 Å². The maximum Gasteiger partial charge on any atom is 0.209 e. The molecule has 0 radical (unpaired) electrons. The number of unbranched alkanes of at least 4 members (excludes halogenated alkanes) is 1.